The van der Waals surface area contributed by atoms with Gasteiger partial charge in [0, 0.05) is 0 Å². The van der Waals surface area contributed by atoms with Gasteiger partial charge in [-0.3, -0.25) is 4.55 Å². The van der Waals surface area contributed by atoms with Gasteiger partial charge in [0.25, 0.3) is 0 Å². The highest BCUT2D eigenvalue weighted by molar-refractivity contribution is 7.86. The van der Waals surface area contributed by atoms with Crippen molar-refractivity contribution in [2.75, 3.05) is 7.11 Å². The average Bonchev–Trinajstić information content (AvgIpc) is 3.35. The fraction of sp³-hybridized carbons (Fsp3) is 0.0909. The van der Waals surface area contributed by atoms with E-state index in [1.165, 1.54) is 55.6 Å². The highest BCUT2D eigenvalue weighted by Crippen LogP contribution is 2.50. The Labute approximate surface area is 236 Å². The molecule has 5 aromatic rings. The minimum absolute atomic E-state index is 0.874. The smallest absolute Gasteiger partial charge is 0.497 e. The summed E-state index contributed by atoms with van der Waals surface area (Å²) in [6.07, 6.45) is 0.946. The van der Waals surface area contributed by atoms with Crippen LogP contribution in [0.5, 0.6) is 5.75 Å². The van der Waals surface area contributed by atoms with E-state index in [1.807, 2.05) is 0 Å². The lowest BCUT2D eigenvalue weighted by molar-refractivity contribution is -0.0510. The van der Waals surface area contributed by atoms with Gasteiger partial charge in [0.2, 0.25) is 0 Å². The Bertz CT molecular complexity index is 1780. The first-order chi connectivity index (χ1) is 19.6. The Balaban J connectivity index is 0.000000372. The standard InChI is InChI=1S/C32H24O.CHF3O3S/c1-33-26-18-16-24(17-19-26)32-30-20-25-14-8-9-15-27(25)29(30)21-28(22-10-4-2-5-11-22)31(32)23-12-6-3-7-13-23;2-1(3,4)8(5,6)7/h2-19,21H,20H2,1H3;(H,5,6,7). The highest BCUT2D eigenvalue weighted by Gasteiger charge is 2.44. The number of methoxy groups -OCH3 is 1. The van der Waals surface area contributed by atoms with Crippen molar-refractivity contribution in [3.8, 4) is 50.3 Å². The molecule has 1 aliphatic carbocycles. The van der Waals surface area contributed by atoms with Crippen LogP contribution in [-0.2, 0) is 16.5 Å². The number of hydrogen-bond donors (Lipinski definition) is 1. The Kier molecular flexibility index (Phi) is 7.71. The van der Waals surface area contributed by atoms with E-state index in [1.54, 1.807) is 7.11 Å². The largest absolute Gasteiger partial charge is 0.522 e. The van der Waals surface area contributed by atoms with Crippen molar-refractivity contribution in [2.24, 2.45) is 0 Å². The van der Waals surface area contributed by atoms with E-state index in [9.17, 15) is 13.2 Å². The molecule has 0 saturated heterocycles. The number of alkyl halides is 3. The molecule has 0 amide bonds. The molecule has 1 aliphatic rings. The van der Waals surface area contributed by atoms with Crippen molar-refractivity contribution in [1.82, 2.24) is 0 Å². The summed E-state index contributed by atoms with van der Waals surface area (Å²) < 4.78 is 63.0. The van der Waals surface area contributed by atoms with Gasteiger partial charge in [-0.25, -0.2) is 0 Å². The minimum Gasteiger partial charge on any atom is -0.497 e. The number of ether oxygens (including phenoxy) is 1. The lowest BCUT2D eigenvalue weighted by Gasteiger charge is -2.21. The molecular weight excluding hydrogens is 549 g/mol. The molecule has 0 saturated carbocycles. The first-order valence-electron chi connectivity index (χ1n) is 12.7. The number of fused-ring (bicyclic) bond motifs is 3. The molecule has 0 radical (unpaired) electrons. The van der Waals surface area contributed by atoms with E-state index >= 15 is 0 Å². The maximum Gasteiger partial charge on any atom is 0.522 e. The fourth-order valence-electron chi connectivity index (χ4n) is 5.10. The molecule has 0 heterocycles. The second-order valence-electron chi connectivity index (χ2n) is 9.42. The van der Waals surface area contributed by atoms with Crippen molar-refractivity contribution >= 4 is 10.1 Å². The molecule has 4 nitrogen and oxygen atoms in total. The Morgan fingerprint density at radius 2 is 1.17 bits per heavy atom. The van der Waals surface area contributed by atoms with Gasteiger partial charge in [-0.15, -0.1) is 0 Å². The summed E-state index contributed by atoms with van der Waals surface area (Å²) in [5.41, 5.74) is 7.52. The van der Waals surface area contributed by atoms with E-state index < -0.39 is 15.6 Å². The Hall–Kier alpha value is -4.40. The monoisotopic (exact) mass is 574 g/mol. The van der Waals surface area contributed by atoms with Crippen LogP contribution in [0.15, 0.2) is 115 Å². The van der Waals surface area contributed by atoms with Gasteiger partial charge in [-0.05, 0) is 80.3 Å². The van der Waals surface area contributed by atoms with Crippen LogP contribution in [0.3, 0.4) is 0 Å². The second kappa shape index (κ2) is 11.2. The van der Waals surface area contributed by atoms with Crippen molar-refractivity contribution in [3.63, 3.8) is 0 Å². The molecule has 41 heavy (non-hydrogen) atoms. The molecule has 0 bridgehead atoms. The molecule has 0 aromatic heterocycles. The molecule has 0 fully saturated rings. The first-order valence-corrected chi connectivity index (χ1v) is 14.1. The summed E-state index contributed by atoms with van der Waals surface area (Å²) in [7, 11) is -4.12. The predicted molar refractivity (Wildman–Crippen MR) is 155 cm³/mol. The topological polar surface area (TPSA) is 63.6 Å². The van der Waals surface area contributed by atoms with Crippen molar-refractivity contribution in [3.05, 3.63) is 126 Å². The van der Waals surface area contributed by atoms with Crippen molar-refractivity contribution in [2.45, 2.75) is 11.9 Å². The lowest BCUT2D eigenvalue weighted by atomic mass is 9.82. The summed E-state index contributed by atoms with van der Waals surface area (Å²) >= 11 is 0. The highest BCUT2D eigenvalue weighted by atomic mass is 32.2. The van der Waals surface area contributed by atoms with Crippen LogP contribution in [0.2, 0.25) is 0 Å². The minimum atomic E-state index is -5.84. The summed E-state index contributed by atoms with van der Waals surface area (Å²) in [5.74, 6) is 0.874. The molecular formula is C33H25F3O4S. The first kappa shape index (κ1) is 28.1. The van der Waals surface area contributed by atoms with E-state index in [0.717, 1.165) is 12.2 Å². The summed E-state index contributed by atoms with van der Waals surface area (Å²) in [6, 6.07) is 41.3. The van der Waals surface area contributed by atoms with Crippen LogP contribution < -0.4 is 4.74 Å². The van der Waals surface area contributed by atoms with Gasteiger partial charge < -0.3 is 4.74 Å². The molecule has 0 spiro atoms. The molecule has 0 unspecified atom stereocenters. The van der Waals surface area contributed by atoms with Crippen molar-refractivity contribution in [1.29, 1.82) is 0 Å². The summed E-state index contributed by atoms with van der Waals surface area (Å²) in [4.78, 5) is 0. The van der Waals surface area contributed by atoms with Crippen LogP contribution in [-0.4, -0.2) is 25.6 Å². The van der Waals surface area contributed by atoms with Crippen molar-refractivity contribution < 1.29 is 30.9 Å². The van der Waals surface area contributed by atoms with Crippen LogP contribution in [0.4, 0.5) is 13.2 Å². The second-order valence-corrected chi connectivity index (χ2v) is 10.8. The average molecular weight is 575 g/mol. The number of hydrogen-bond acceptors (Lipinski definition) is 3. The third-order valence-corrected chi connectivity index (χ3v) is 7.51. The van der Waals surface area contributed by atoms with Crippen LogP contribution in [0, 0.1) is 0 Å². The SMILES string of the molecule is COc1ccc(-c2c3c(cc(-c4ccccc4)c2-c2ccccc2)-c2ccccc2C3)cc1.O=S(=O)(O)C(F)(F)F. The van der Waals surface area contributed by atoms with Gasteiger partial charge >= 0.3 is 15.6 Å². The predicted octanol–water partition coefficient (Wildman–Crippen LogP) is 8.66. The number of rotatable bonds is 4. The molecule has 6 rings (SSSR count). The maximum absolute atomic E-state index is 10.7. The van der Waals surface area contributed by atoms with Gasteiger partial charge in [-0.1, -0.05) is 97.1 Å². The molecule has 8 heteroatoms. The molecule has 1 N–H and O–H groups in total. The zero-order valence-corrected chi connectivity index (χ0v) is 22.7. The summed E-state index contributed by atoms with van der Waals surface area (Å²) in [5, 5.41) is 0. The molecule has 0 aliphatic heterocycles. The van der Waals surface area contributed by atoms with Gasteiger partial charge in [0.1, 0.15) is 5.75 Å². The third kappa shape index (κ3) is 5.75. The molecule has 5 aromatic carbocycles. The molecule has 0 atom stereocenters. The Morgan fingerprint density at radius 3 is 1.73 bits per heavy atom. The van der Waals surface area contributed by atoms with E-state index in [2.05, 4.69) is 115 Å². The van der Waals surface area contributed by atoms with Gasteiger partial charge in [0.15, 0.2) is 0 Å². The van der Waals surface area contributed by atoms with Gasteiger partial charge in [0.05, 0.1) is 7.11 Å². The zero-order valence-electron chi connectivity index (χ0n) is 21.9. The number of halogens is 3. The van der Waals surface area contributed by atoms with Crippen LogP contribution in [0.25, 0.3) is 44.5 Å². The van der Waals surface area contributed by atoms with Gasteiger partial charge in [-0.2, -0.15) is 21.6 Å². The lowest BCUT2D eigenvalue weighted by Crippen LogP contribution is -2.21. The Morgan fingerprint density at radius 1 is 0.659 bits per heavy atom. The normalized spacial score (nSPS) is 12.1. The number of benzene rings is 5. The van der Waals surface area contributed by atoms with E-state index in [-0.39, 0.29) is 0 Å². The third-order valence-electron chi connectivity index (χ3n) is 6.93. The van der Waals surface area contributed by atoms with E-state index in [0.29, 0.717) is 0 Å². The fourth-order valence-corrected chi connectivity index (χ4v) is 5.10. The maximum atomic E-state index is 10.7. The quantitative estimate of drug-likeness (QED) is 0.169. The molecule has 208 valence electrons. The summed E-state index contributed by atoms with van der Waals surface area (Å²) in [6.45, 7) is 0. The zero-order chi connectivity index (χ0) is 29.2. The van der Waals surface area contributed by atoms with Crippen LogP contribution in [0.1, 0.15) is 11.1 Å². The van der Waals surface area contributed by atoms with Crippen LogP contribution >= 0.6 is 0 Å². The van der Waals surface area contributed by atoms with E-state index in [4.69, 9.17) is 17.7 Å².